The number of nitrogens with zero attached hydrogens (tertiary/aromatic N) is 3. The van der Waals surface area contributed by atoms with E-state index in [1.54, 1.807) is 13.2 Å². The van der Waals surface area contributed by atoms with Crippen molar-refractivity contribution in [1.82, 2.24) is 15.1 Å². The van der Waals surface area contributed by atoms with Gasteiger partial charge in [-0.1, -0.05) is 17.3 Å². The highest BCUT2D eigenvalue weighted by atomic mass is 16.5. The Labute approximate surface area is 140 Å². The van der Waals surface area contributed by atoms with Crippen LogP contribution in [-0.2, 0) is 6.42 Å². The van der Waals surface area contributed by atoms with Crippen LogP contribution in [0.25, 0.3) is 0 Å². The fraction of sp³-hybridized carbons (Fsp3) is 0.235. The van der Waals surface area contributed by atoms with Crippen LogP contribution in [0.15, 0.2) is 47.2 Å². The maximum atomic E-state index is 5.23. The predicted molar refractivity (Wildman–Crippen MR) is 91.7 cm³/mol. The first-order valence-corrected chi connectivity index (χ1v) is 7.62. The van der Waals surface area contributed by atoms with Gasteiger partial charge in [-0.15, -0.1) is 0 Å². The molecule has 0 unspecified atom stereocenters. The summed E-state index contributed by atoms with van der Waals surface area (Å²) in [6, 6.07) is 11.7. The van der Waals surface area contributed by atoms with E-state index in [1.165, 1.54) is 11.9 Å². The summed E-state index contributed by atoms with van der Waals surface area (Å²) in [7, 11) is 1.67. The van der Waals surface area contributed by atoms with E-state index in [1.807, 2.05) is 31.2 Å². The summed E-state index contributed by atoms with van der Waals surface area (Å²) in [5, 5.41) is 10.2. The molecule has 2 N–H and O–H groups in total. The molecule has 0 spiro atoms. The number of aromatic nitrogens is 3. The Morgan fingerprint density at radius 3 is 2.75 bits per heavy atom. The molecule has 7 heteroatoms. The van der Waals surface area contributed by atoms with E-state index in [-0.39, 0.29) is 0 Å². The van der Waals surface area contributed by atoms with Gasteiger partial charge >= 0.3 is 0 Å². The molecule has 0 aliphatic heterocycles. The second-order valence-electron chi connectivity index (χ2n) is 5.26. The number of ether oxygens (including phenoxy) is 1. The van der Waals surface area contributed by atoms with Gasteiger partial charge in [0.15, 0.2) is 5.82 Å². The molecule has 0 amide bonds. The van der Waals surface area contributed by atoms with Crippen LogP contribution in [0.5, 0.6) is 5.75 Å². The maximum absolute atomic E-state index is 5.23. The Kier molecular flexibility index (Phi) is 4.90. The number of rotatable bonds is 7. The number of benzene rings is 1. The number of hydrogen-bond donors (Lipinski definition) is 2. The largest absolute Gasteiger partial charge is 0.497 e. The Bertz CT molecular complexity index is 803. The molecule has 0 radical (unpaired) electrons. The molecule has 0 aliphatic rings. The summed E-state index contributed by atoms with van der Waals surface area (Å²) in [4.78, 5) is 8.39. The van der Waals surface area contributed by atoms with Gasteiger partial charge in [-0.3, -0.25) is 0 Å². The van der Waals surface area contributed by atoms with Gasteiger partial charge in [0.1, 0.15) is 29.5 Å². The average Bonchev–Trinajstić information content (AvgIpc) is 3.00. The lowest BCUT2D eigenvalue weighted by Crippen LogP contribution is -2.07. The highest BCUT2D eigenvalue weighted by Gasteiger charge is 2.03. The smallest absolute Gasteiger partial charge is 0.175 e. The Hall–Kier alpha value is -3.09. The van der Waals surface area contributed by atoms with Crippen molar-refractivity contribution in [3.05, 3.63) is 54.0 Å². The summed E-state index contributed by atoms with van der Waals surface area (Å²) in [6.07, 6.45) is 2.37. The lowest BCUT2D eigenvalue weighted by Gasteiger charge is -2.08. The van der Waals surface area contributed by atoms with E-state index >= 15 is 0 Å². The standard InChI is InChI=1S/C17H19N5O2/c1-12-8-17(22-24-12)21-16-10-15(19-11-20-16)18-7-6-13-4-3-5-14(9-13)23-2/h3-5,8-11H,6-7H2,1-2H3,(H2,18,19,20,21,22). The van der Waals surface area contributed by atoms with Gasteiger partial charge in [0.2, 0.25) is 0 Å². The van der Waals surface area contributed by atoms with E-state index in [0.717, 1.165) is 30.3 Å². The van der Waals surface area contributed by atoms with Gasteiger partial charge < -0.3 is 19.9 Å². The minimum absolute atomic E-state index is 0.619. The molecule has 3 aromatic rings. The van der Waals surface area contributed by atoms with Crippen molar-refractivity contribution in [3.63, 3.8) is 0 Å². The molecule has 24 heavy (non-hydrogen) atoms. The average molecular weight is 325 g/mol. The molecule has 2 aromatic heterocycles. The van der Waals surface area contributed by atoms with Crippen LogP contribution >= 0.6 is 0 Å². The second-order valence-corrected chi connectivity index (χ2v) is 5.26. The fourth-order valence-corrected chi connectivity index (χ4v) is 2.24. The summed E-state index contributed by atoms with van der Waals surface area (Å²) < 4.78 is 10.2. The van der Waals surface area contributed by atoms with Crippen LogP contribution in [-0.4, -0.2) is 28.8 Å². The molecule has 0 atom stereocenters. The molecule has 1 aromatic carbocycles. The van der Waals surface area contributed by atoms with Gasteiger partial charge in [0.25, 0.3) is 0 Å². The molecule has 0 aliphatic carbocycles. The molecular formula is C17H19N5O2. The first-order valence-electron chi connectivity index (χ1n) is 7.62. The number of anilines is 3. The zero-order valence-corrected chi connectivity index (χ0v) is 13.6. The minimum atomic E-state index is 0.619. The lowest BCUT2D eigenvalue weighted by atomic mass is 10.1. The summed E-state index contributed by atoms with van der Waals surface area (Å²) >= 11 is 0. The van der Waals surface area contributed by atoms with Gasteiger partial charge in [0.05, 0.1) is 7.11 Å². The lowest BCUT2D eigenvalue weighted by molar-refractivity contribution is 0.400. The number of aryl methyl sites for hydroxylation is 1. The van der Waals surface area contributed by atoms with Crippen LogP contribution in [0.2, 0.25) is 0 Å². The predicted octanol–water partition coefficient (Wildman–Crippen LogP) is 3.18. The van der Waals surface area contributed by atoms with Crippen LogP contribution in [0.4, 0.5) is 17.5 Å². The summed E-state index contributed by atoms with van der Waals surface area (Å²) in [6.45, 7) is 2.59. The number of nitrogens with one attached hydrogen (secondary N) is 2. The monoisotopic (exact) mass is 325 g/mol. The minimum Gasteiger partial charge on any atom is -0.497 e. The SMILES string of the molecule is COc1cccc(CCNc2cc(Nc3cc(C)on3)ncn2)c1. The van der Waals surface area contributed by atoms with Crippen molar-refractivity contribution in [1.29, 1.82) is 0 Å². The zero-order chi connectivity index (χ0) is 16.8. The number of methoxy groups -OCH3 is 1. The molecule has 3 rings (SSSR count). The van der Waals surface area contributed by atoms with Crippen molar-refractivity contribution in [2.24, 2.45) is 0 Å². The highest BCUT2D eigenvalue weighted by Crippen LogP contribution is 2.16. The van der Waals surface area contributed by atoms with Crippen molar-refractivity contribution >= 4 is 17.5 Å². The topological polar surface area (TPSA) is 85.1 Å². The molecule has 0 saturated heterocycles. The number of hydrogen-bond acceptors (Lipinski definition) is 7. The van der Waals surface area contributed by atoms with Gasteiger partial charge in [-0.25, -0.2) is 9.97 Å². The fourth-order valence-electron chi connectivity index (χ4n) is 2.24. The van der Waals surface area contributed by atoms with E-state index < -0.39 is 0 Å². The Morgan fingerprint density at radius 2 is 1.96 bits per heavy atom. The molecule has 0 fully saturated rings. The quantitative estimate of drug-likeness (QED) is 0.690. The van der Waals surface area contributed by atoms with Gasteiger partial charge in [-0.05, 0) is 31.0 Å². The molecule has 0 saturated carbocycles. The zero-order valence-electron chi connectivity index (χ0n) is 13.6. The molecular weight excluding hydrogens is 306 g/mol. The first-order chi connectivity index (χ1) is 11.7. The van der Waals surface area contributed by atoms with Crippen molar-refractivity contribution < 1.29 is 9.26 Å². The summed E-state index contributed by atoms with van der Waals surface area (Å²) in [5.74, 6) is 3.62. The molecule has 2 heterocycles. The van der Waals surface area contributed by atoms with E-state index in [2.05, 4.69) is 31.8 Å². The highest BCUT2D eigenvalue weighted by molar-refractivity contribution is 5.55. The van der Waals surface area contributed by atoms with Gasteiger partial charge in [-0.2, -0.15) is 0 Å². The van der Waals surface area contributed by atoms with E-state index in [4.69, 9.17) is 9.26 Å². The van der Waals surface area contributed by atoms with Crippen LogP contribution in [0.3, 0.4) is 0 Å². The maximum Gasteiger partial charge on any atom is 0.175 e. The van der Waals surface area contributed by atoms with Crippen LogP contribution in [0.1, 0.15) is 11.3 Å². The normalized spacial score (nSPS) is 10.4. The second kappa shape index (κ2) is 7.45. The third-order valence-corrected chi connectivity index (χ3v) is 3.41. The Morgan fingerprint density at radius 1 is 1.08 bits per heavy atom. The third kappa shape index (κ3) is 4.22. The summed E-state index contributed by atoms with van der Waals surface area (Å²) in [5.41, 5.74) is 1.20. The van der Waals surface area contributed by atoms with Crippen LogP contribution < -0.4 is 15.4 Å². The molecule has 0 bridgehead atoms. The third-order valence-electron chi connectivity index (χ3n) is 3.41. The first kappa shape index (κ1) is 15.8. The molecule has 124 valence electrons. The van der Waals surface area contributed by atoms with E-state index in [0.29, 0.717) is 11.6 Å². The van der Waals surface area contributed by atoms with E-state index in [9.17, 15) is 0 Å². The van der Waals surface area contributed by atoms with Crippen molar-refractivity contribution in [2.45, 2.75) is 13.3 Å². The Balaban J connectivity index is 1.56. The van der Waals surface area contributed by atoms with Gasteiger partial charge in [0, 0.05) is 18.7 Å². The molecule has 7 nitrogen and oxygen atoms in total. The van der Waals surface area contributed by atoms with Crippen molar-refractivity contribution in [2.75, 3.05) is 24.3 Å². The van der Waals surface area contributed by atoms with Crippen molar-refractivity contribution in [3.8, 4) is 5.75 Å². The van der Waals surface area contributed by atoms with Crippen LogP contribution in [0, 0.1) is 6.92 Å².